The largest absolute Gasteiger partial charge is 0.416 e. The minimum absolute atomic E-state index is 0.353. The molecule has 0 fully saturated rings. The molecule has 2 rings (SSSR count). The number of anilines is 1. The van der Waals surface area contributed by atoms with Gasteiger partial charge in [-0.05, 0) is 30.3 Å². The molecule has 0 saturated heterocycles. The van der Waals surface area contributed by atoms with Crippen molar-refractivity contribution in [3.8, 4) is 5.75 Å². The number of rotatable bonds is 5. The van der Waals surface area contributed by atoms with Crippen molar-refractivity contribution in [1.82, 2.24) is 5.32 Å². The van der Waals surface area contributed by atoms with Gasteiger partial charge < -0.3 is 9.50 Å². The Hall–Kier alpha value is -3.68. The number of alkyl halides is 3. The van der Waals surface area contributed by atoms with E-state index < -0.39 is 55.1 Å². The van der Waals surface area contributed by atoms with Gasteiger partial charge in [0.1, 0.15) is 16.3 Å². The molecule has 2 N–H and O–H groups in total. The third kappa shape index (κ3) is 5.66. The van der Waals surface area contributed by atoms with E-state index in [9.17, 15) is 41.3 Å². The summed E-state index contributed by atoms with van der Waals surface area (Å²) in [4.78, 5) is 31.8. The van der Waals surface area contributed by atoms with Gasteiger partial charge in [-0.15, -0.1) is 0 Å². The standard InChI is InChI=1S/C16H12F3N3O7S/c1-9(23)20-15(24)21-13-6-5-11(8-14(13)22(25)26)29-30(27,28)12-4-2-3-10(7-12)16(17,18)19/h2-8H,1H3,(H2,20,21,23,24). The van der Waals surface area contributed by atoms with E-state index in [0.29, 0.717) is 18.2 Å². The van der Waals surface area contributed by atoms with Crippen LogP contribution in [0.25, 0.3) is 0 Å². The lowest BCUT2D eigenvalue weighted by Gasteiger charge is -2.11. The monoisotopic (exact) mass is 447 g/mol. The topological polar surface area (TPSA) is 145 Å². The van der Waals surface area contributed by atoms with Crippen LogP contribution < -0.4 is 14.8 Å². The SMILES string of the molecule is CC(=O)NC(=O)Nc1ccc(OS(=O)(=O)c2cccc(C(F)(F)F)c2)cc1[N+](=O)[O-]. The molecule has 0 unspecified atom stereocenters. The highest BCUT2D eigenvalue weighted by Gasteiger charge is 2.32. The summed E-state index contributed by atoms with van der Waals surface area (Å²) >= 11 is 0. The summed E-state index contributed by atoms with van der Waals surface area (Å²) in [6, 6.07) is 4.17. The summed E-state index contributed by atoms with van der Waals surface area (Å²) in [5, 5.41) is 15.1. The number of hydrogen-bond donors (Lipinski definition) is 2. The summed E-state index contributed by atoms with van der Waals surface area (Å²) in [6.45, 7) is 1.03. The van der Waals surface area contributed by atoms with E-state index in [2.05, 4.69) is 4.18 Å². The van der Waals surface area contributed by atoms with Crippen molar-refractivity contribution in [3.63, 3.8) is 0 Å². The van der Waals surface area contributed by atoms with Gasteiger partial charge in [-0.2, -0.15) is 21.6 Å². The van der Waals surface area contributed by atoms with Crippen LogP contribution in [0.4, 0.5) is 29.3 Å². The minimum Gasteiger partial charge on any atom is -0.379 e. The zero-order chi connectivity index (χ0) is 22.7. The maximum Gasteiger partial charge on any atom is 0.416 e. The molecule has 0 atom stereocenters. The van der Waals surface area contributed by atoms with Crippen LogP contribution in [0.3, 0.4) is 0 Å². The number of benzene rings is 2. The van der Waals surface area contributed by atoms with Crippen LogP contribution in [-0.2, 0) is 21.1 Å². The summed E-state index contributed by atoms with van der Waals surface area (Å²) in [6.07, 6.45) is -4.79. The quantitative estimate of drug-likeness (QED) is 0.407. The Labute approximate surface area is 166 Å². The Kier molecular flexibility index (Phi) is 6.30. The number of nitro groups is 1. The molecular formula is C16H12F3N3O7S. The predicted octanol–water partition coefficient (Wildman–Crippen LogP) is 3.05. The van der Waals surface area contributed by atoms with Crippen LogP contribution in [0.15, 0.2) is 47.4 Å². The average Bonchev–Trinajstić information content (AvgIpc) is 2.61. The fourth-order valence-electron chi connectivity index (χ4n) is 2.14. The van der Waals surface area contributed by atoms with Gasteiger partial charge in [0.25, 0.3) is 5.69 Å². The first kappa shape index (κ1) is 22.6. The van der Waals surface area contributed by atoms with Crippen molar-refractivity contribution in [1.29, 1.82) is 0 Å². The molecule has 160 valence electrons. The van der Waals surface area contributed by atoms with Crippen molar-refractivity contribution in [2.75, 3.05) is 5.32 Å². The van der Waals surface area contributed by atoms with E-state index in [1.54, 1.807) is 0 Å². The van der Waals surface area contributed by atoms with Gasteiger partial charge in [0.05, 0.1) is 16.6 Å². The number of urea groups is 1. The first-order valence-corrected chi connectivity index (χ1v) is 9.19. The van der Waals surface area contributed by atoms with Crippen LogP contribution in [-0.4, -0.2) is 25.3 Å². The second kappa shape index (κ2) is 8.36. The zero-order valence-electron chi connectivity index (χ0n) is 14.9. The van der Waals surface area contributed by atoms with Gasteiger partial charge in [0.2, 0.25) is 5.91 Å². The molecule has 0 saturated carbocycles. The fourth-order valence-corrected chi connectivity index (χ4v) is 3.11. The molecular weight excluding hydrogens is 435 g/mol. The molecule has 0 heterocycles. The Morgan fingerprint density at radius 1 is 1.13 bits per heavy atom. The van der Waals surface area contributed by atoms with E-state index in [-0.39, 0.29) is 5.69 Å². The minimum atomic E-state index is -4.79. The summed E-state index contributed by atoms with van der Waals surface area (Å²) in [7, 11) is -4.76. The van der Waals surface area contributed by atoms with Crippen molar-refractivity contribution in [2.24, 2.45) is 0 Å². The number of halogens is 3. The summed E-state index contributed by atoms with van der Waals surface area (Å²) < 4.78 is 67.6. The average molecular weight is 447 g/mol. The van der Waals surface area contributed by atoms with E-state index in [4.69, 9.17) is 0 Å². The normalized spacial score (nSPS) is 11.5. The highest BCUT2D eigenvalue weighted by Crippen LogP contribution is 2.33. The lowest BCUT2D eigenvalue weighted by Crippen LogP contribution is -2.32. The highest BCUT2D eigenvalue weighted by molar-refractivity contribution is 7.87. The van der Waals surface area contributed by atoms with Gasteiger partial charge in [-0.1, -0.05) is 6.07 Å². The molecule has 0 bridgehead atoms. The number of hydrogen-bond acceptors (Lipinski definition) is 7. The predicted molar refractivity (Wildman–Crippen MR) is 95.2 cm³/mol. The van der Waals surface area contributed by atoms with Gasteiger partial charge in [-0.3, -0.25) is 20.2 Å². The number of amides is 3. The van der Waals surface area contributed by atoms with E-state index >= 15 is 0 Å². The summed E-state index contributed by atoms with van der Waals surface area (Å²) in [5.74, 6) is -1.32. The Bertz CT molecular complexity index is 1120. The number of nitrogens with zero attached hydrogens (tertiary/aromatic N) is 1. The number of imide groups is 1. The number of nitro benzene ring substituents is 1. The summed E-state index contributed by atoms with van der Waals surface area (Å²) in [5.41, 5.74) is -2.40. The second-order valence-electron chi connectivity index (χ2n) is 5.63. The maximum atomic E-state index is 12.8. The molecule has 3 amide bonds. The number of nitrogens with one attached hydrogen (secondary N) is 2. The van der Waals surface area contributed by atoms with Crippen LogP contribution in [0.2, 0.25) is 0 Å². The molecule has 0 aromatic heterocycles. The molecule has 10 nitrogen and oxygen atoms in total. The first-order valence-electron chi connectivity index (χ1n) is 7.78. The molecule has 0 spiro atoms. The Morgan fingerprint density at radius 3 is 2.37 bits per heavy atom. The van der Waals surface area contributed by atoms with Crippen LogP contribution >= 0.6 is 0 Å². The molecule has 0 aliphatic carbocycles. The van der Waals surface area contributed by atoms with E-state index in [0.717, 1.165) is 31.2 Å². The van der Waals surface area contributed by atoms with Crippen LogP contribution in [0, 0.1) is 10.1 Å². The van der Waals surface area contributed by atoms with Gasteiger partial charge in [-0.25, -0.2) is 4.79 Å². The Morgan fingerprint density at radius 2 is 1.80 bits per heavy atom. The van der Waals surface area contributed by atoms with Crippen LogP contribution in [0.1, 0.15) is 12.5 Å². The first-order chi connectivity index (χ1) is 13.8. The lowest BCUT2D eigenvalue weighted by atomic mass is 10.2. The van der Waals surface area contributed by atoms with Gasteiger partial charge >= 0.3 is 22.3 Å². The van der Waals surface area contributed by atoms with E-state index in [1.807, 2.05) is 10.6 Å². The molecule has 30 heavy (non-hydrogen) atoms. The second-order valence-corrected chi connectivity index (χ2v) is 7.18. The van der Waals surface area contributed by atoms with Crippen molar-refractivity contribution < 1.29 is 40.3 Å². The maximum absolute atomic E-state index is 12.8. The van der Waals surface area contributed by atoms with Gasteiger partial charge in [0, 0.05) is 6.92 Å². The van der Waals surface area contributed by atoms with E-state index in [1.165, 1.54) is 0 Å². The molecule has 2 aromatic carbocycles. The molecule has 2 aromatic rings. The third-order valence-corrected chi connectivity index (χ3v) is 4.60. The van der Waals surface area contributed by atoms with Crippen molar-refractivity contribution in [3.05, 3.63) is 58.1 Å². The molecule has 0 radical (unpaired) electrons. The Balaban J connectivity index is 2.34. The van der Waals surface area contributed by atoms with Crippen molar-refractivity contribution in [2.45, 2.75) is 18.0 Å². The number of carbonyl (C=O) groups excluding carboxylic acids is 2. The van der Waals surface area contributed by atoms with Crippen molar-refractivity contribution >= 4 is 33.4 Å². The zero-order valence-corrected chi connectivity index (χ0v) is 15.7. The lowest BCUT2D eigenvalue weighted by molar-refractivity contribution is -0.384. The molecule has 0 aliphatic rings. The fraction of sp³-hybridized carbons (Fsp3) is 0.125. The smallest absolute Gasteiger partial charge is 0.379 e. The number of carbonyl (C=O) groups is 2. The third-order valence-electron chi connectivity index (χ3n) is 3.36. The highest BCUT2D eigenvalue weighted by atomic mass is 32.2. The van der Waals surface area contributed by atoms with Gasteiger partial charge in [0.15, 0.2) is 0 Å². The molecule has 0 aliphatic heterocycles. The van der Waals surface area contributed by atoms with Crippen LogP contribution in [0.5, 0.6) is 5.75 Å². The molecule has 14 heteroatoms.